The highest BCUT2D eigenvalue weighted by Gasteiger charge is 2.45. The van der Waals surface area contributed by atoms with Crippen LogP contribution in [0.2, 0.25) is 0 Å². The van der Waals surface area contributed by atoms with E-state index in [1.54, 1.807) is 0 Å². The van der Waals surface area contributed by atoms with Gasteiger partial charge in [-0.15, -0.1) is 0 Å². The maximum atomic E-state index is 14.2. The second kappa shape index (κ2) is 6.33. The first kappa shape index (κ1) is 17.2. The lowest BCUT2D eigenvalue weighted by molar-refractivity contribution is -0.00522. The van der Waals surface area contributed by atoms with Crippen LogP contribution in [0.5, 0.6) is 5.88 Å². The van der Waals surface area contributed by atoms with Gasteiger partial charge in [0.1, 0.15) is 23.6 Å². The molecular weight excluding hydrogens is 373 g/mol. The Morgan fingerprint density at radius 1 is 1.14 bits per heavy atom. The predicted octanol–water partition coefficient (Wildman–Crippen LogP) is 2.03. The SMILES string of the molecule is Oc1nc(N2CC3CC(C2)N3CCF)nc2c1cnn2-c1ccc(F)cc1F. The van der Waals surface area contributed by atoms with Crippen molar-refractivity contribution in [2.75, 3.05) is 31.2 Å². The van der Waals surface area contributed by atoms with Crippen LogP contribution in [0.15, 0.2) is 24.4 Å². The van der Waals surface area contributed by atoms with Crippen molar-refractivity contribution in [3.05, 3.63) is 36.0 Å². The number of fused-ring (bicyclic) bond motifs is 3. The Balaban J connectivity index is 1.52. The molecule has 1 aromatic carbocycles. The third-order valence-electron chi connectivity index (χ3n) is 5.50. The molecule has 3 saturated heterocycles. The zero-order valence-corrected chi connectivity index (χ0v) is 14.8. The number of aromatic nitrogens is 4. The van der Waals surface area contributed by atoms with Gasteiger partial charge in [-0.3, -0.25) is 4.90 Å². The monoisotopic (exact) mass is 390 g/mol. The molecule has 0 aliphatic carbocycles. The first-order chi connectivity index (χ1) is 13.5. The minimum Gasteiger partial charge on any atom is -0.493 e. The van der Waals surface area contributed by atoms with Gasteiger partial charge >= 0.3 is 0 Å². The molecule has 2 atom stereocenters. The zero-order valence-electron chi connectivity index (χ0n) is 14.8. The molecule has 0 amide bonds. The average Bonchev–Trinajstić information content (AvgIpc) is 3.10. The highest BCUT2D eigenvalue weighted by atomic mass is 19.1. The number of nitrogens with zero attached hydrogens (tertiary/aromatic N) is 6. The fourth-order valence-corrected chi connectivity index (χ4v) is 4.17. The fraction of sp³-hybridized carbons (Fsp3) is 0.389. The van der Waals surface area contributed by atoms with E-state index in [4.69, 9.17) is 0 Å². The molecule has 3 aliphatic rings. The Morgan fingerprint density at radius 2 is 1.93 bits per heavy atom. The van der Waals surface area contributed by atoms with E-state index in [-0.39, 0.29) is 41.4 Å². The highest BCUT2D eigenvalue weighted by Crippen LogP contribution is 2.35. The van der Waals surface area contributed by atoms with Crippen LogP contribution in [0, 0.1) is 11.6 Å². The molecule has 3 fully saturated rings. The van der Waals surface area contributed by atoms with Gasteiger partial charge in [0.25, 0.3) is 0 Å². The van der Waals surface area contributed by atoms with E-state index in [0.717, 1.165) is 18.6 Å². The normalized spacial score (nSPS) is 21.9. The summed E-state index contributed by atoms with van der Waals surface area (Å²) in [7, 11) is 0. The van der Waals surface area contributed by atoms with Crippen molar-refractivity contribution in [2.24, 2.45) is 0 Å². The van der Waals surface area contributed by atoms with Gasteiger partial charge in [-0.1, -0.05) is 0 Å². The number of hydrogen-bond donors (Lipinski definition) is 1. The summed E-state index contributed by atoms with van der Waals surface area (Å²) in [5.41, 5.74) is 0.254. The van der Waals surface area contributed by atoms with Crippen LogP contribution in [0.25, 0.3) is 16.7 Å². The fourth-order valence-electron chi connectivity index (χ4n) is 4.17. The van der Waals surface area contributed by atoms with Crippen LogP contribution in [-0.2, 0) is 0 Å². The van der Waals surface area contributed by atoms with Gasteiger partial charge in [0.05, 0.1) is 6.20 Å². The number of rotatable bonds is 4. The van der Waals surface area contributed by atoms with Gasteiger partial charge in [-0.05, 0) is 18.6 Å². The summed E-state index contributed by atoms with van der Waals surface area (Å²) in [5, 5.41) is 14.7. The Hall–Kier alpha value is -2.88. The van der Waals surface area contributed by atoms with Crippen LogP contribution >= 0.6 is 0 Å². The van der Waals surface area contributed by atoms with E-state index in [0.29, 0.717) is 25.6 Å². The van der Waals surface area contributed by atoms with E-state index < -0.39 is 11.6 Å². The minimum absolute atomic E-state index is 0.0241. The molecule has 0 spiro atoms. The number of anilines is 1. The summed E-state index contributed by atoms with van der Waals surface area (Å²) in [6.07, 6.45) is 2.34. The van der Waals surface area contributed by atoms with E-state index in [1.807, 2.05) is 4.90 Å². The molecule has 3 aliphatic heterocycles. The molecule has 1 N–H and O–H groups in total. The third kappa shape index (κ3) is 2.59. The topological polar surface area (TPSA) is 70.3 Å². The van der Waals surface area contributed by atoms with Crippen molar-refractivity contribution in [3.8, 4) is 11.6 Å². The van der Waals surface area contributed by atoms with E-state index in [2.05, 4.69) is 20.0 Å². The van der Waals surface area contributed by atoms with Gasteiger partial charge in [0.2, 0.25) is 11.8 Å². The third-order valence-corrected chi connectivity index (χ3v) is 5.50. The Bertz CT molecular complexity index is 1050. The number of halogens is 3. The smallest absolute Gasteiger partial charge is 0.230 e. The molecule has 146 valence electrons. The standard InChI is InChI=1S/C18H17F3N6O/c19-3-4-26-11-6-12(26)9-25(8-11)18-23-16-13(17(28)24-18)7-22-27(16)15-2-1-10(20)5-14(15)21/h1-2,5,7,11-12H,3-4,6,8-9H2,(H,23,24,28). The lowest BCUT2D eigenvalue weighted by Gasteiger charge is -2.56. The molecule has 3 aromatic rings. The van der Waals surface area contributed by atoms with E-state index in [1.165, 1.54) is 16.9 Å². The summed E-state index contributed by atoms with van der Waals surface area (Å²) in [5.74, 6) is -1.43. The quantitative estimate of drug-likeness (QED) is 0.735. The minimum atomic E-state index is -0.786. The molecule has 2 bridgehead atoms. The summed E-state index contributed by atoms with van der Waals surface area (Å²) in [4.78, 5) is 12.7. The van der Waals surface area contributed by atoms with Crippen molar-refractivity contribution < 1.29 is 18.3 Å². The van der Waals surface area contributed by atoms with Crippen molar-refractivity contribution >= 4 is 17.0 Å². The van der Waals surface area contributed by atoms with Gasteiger partial charge in [-0.2, -0.15) is 15.1 Å². The summed E-state index contributed by atoms with van der Waals surface area (Å²) in [6.45, 7) is 1.30. The second-order valence-electron chi connectivity index (χ2n) is 7.11. The van der Waals surface area contributed by atoms with Crippen LogP contribution in [0.4, 0.5) is 19.1 Å². The number of alkyl halides is 1. The van der Waals surface area contributed by atoms with Crippen molar-refractivity contribution in [1.29, 1.82) is 0 Å². The summed E-state index contributed by atoms with van der Waals surface area (Å²) >= 11 is 0. The largest absolute Gasteiger partial charge is 0.493 e. The van der Waals surface area contributed by atoms with Crippen LogP contribution < -0.4 is 4.90 Å². The van der Waals surface area contributed by atoms with Crippen LogP contribution in [0.3, 0.4) is 0 Å². The zero-order chi connectivity index (χ0) is 19.4. The van der Waals surface area contributed by atoms with Gasteiger partial charge in [-0.25, -0.2) is 17.9 Å². The van der Waals surface area contributed by atoms with Crippen molar-refractivity contribution in [3.63, 3.8) is 0 Å². The molecule has 6 rings (SSSR count). The predicted molar refractivity (Wildman–Crippen MR) is 95.3 cm³/mol. The van der Waals surface area contributed by atoms with Crippen LogP contribution in [-0.4, -0.2) is 68.1 Å². The van der Waals surface area contributed by atoms with Crippen molar-refractivity contribution in [2.45, 2.75) is 18.5 Å². The maximum absolute atomic E-state index is 14.2. The Labute approximate surface area is 158 Å². The second-order valence-corrected chi connectivity index (χ2v) is 7.11. The molecule has 28 heavy (non-hydrogen) atoms. The first-order valence-electron chi connectivity index (χ1n) is 9.02. The first-order valence-corrected chi connectivity index (χ1v) is 9.02. The number of piperidine rings is 1. The molecule has 0 radical (unpaired) electrons. The average molecular weight is 390 g/mol. The summed E-state index contributed by atoms with van der Waals surface area (Å²) in [6, 6.07) is 3.63. The molecule has 7 nitrogen and oxygen atoms in total. The number of piperazine rings is 1. The van der Waals surface area contributed by atoms with Crippen molar-refractivity contribution in [1.82, 2.24) is 24.6 Å². The molecule has 2 unspecified atom stereocenters. The van der Waals surface area contributed by atoms with Gasteiger partial charge in [0, 0.05) is 37.8 Å². The van der Waals surface area contributed by atoms with E-state index >= 15 is 0 Å². The molecule has 10 heteroatoms. The van der Waals surface area contributed by atoms with Gasteiger partial charge < -0.3 is 10.0 Å². The van der Waals surface area contributed by atoms with Crippen LogP contribution in [0.1, 0.15) is 6.42 Å². The molecule has 0 saturated carbocycles. The highest BCUT2D eigenvalue weighted by molar-refractivity contribution is 5.82. The Kier molecular flexibility index (Phi) is 3.90. The number of aromatic hydroxyl groups is 1. The molecular formula is C18H17F3N6O. The lowest BCUT2D eigenvalue weighted by atomic mass is 9.88. The molecule has 5 heterocycles. The number of hydrogen-bond acceptors (Lipinski definition) is 6. The summed E-state index contributed by atoms with van der Waals surface area (Å²) < 4.78 is 41.3. The molecule has 2 aromatic heterocycles. The Morgan fingerprint density at radius 3 is 2.64 bits per heavy atom. The van der Waals surface area contributed by atoms with E-state index in [9.17, 15) is 18.3 Å². The lowest BCUT2D eigenvalue weighted by Crippen LogP contribution is -2.69. The van der Waals surface area contributed by atoms with Gasteiger partial charge in [0.15, 0.2) is 11.5 Å². The maximum Gasteiger partial charge on any atom is 0.230 e. The number of benzene rings is 1.